The Morgan fingerprint density at radius 3 is 2.14 bits per heavy atom. The maximum absolute atomic E-state index is 14.4. The molecule has 0 aromatic carbocycles. The van der Waals surface area contributed by atoms with Crippen LogP contribution in [-0.4, -0.2) is 29.8 Å². The Hall–Kier alpha value is -2.16. The smallest absolute Gasteiger partial charge is 0.407 e. The highest BCUT2D eigenvalue weighted by atomic mass is 16.6. The fourth-order valence-electron chi connectivity index (χ4n) is 10.1. The van der Waals surface area contributed by atoms with Crippen LogP contribution in [0, 0.1) is 61.6 Å². The highest BCUT2D eigenvalue weighted by Gasteiger charge is 2.68. The van der Waals surface area contributed by atoms with E-state index in [1.165, 1.54) is 0 Å². The number of nitriles is 1. The summed E-state index contributed by atoms with van der Waals surface area (Å²) >= 11 is 0. The number of nitrogens with one attached hydrogen (secondary N) is 1. The van der Waals surface area contributed by atoms with Gasteiger partial charge in [0.05, 0.1) is 5.57 Å². The van der Waals surface area contributed by atoms with E-state index >= 15 is 0 Å². The van der Waals surface area contributed by atoms with Crippen LogP contribution in [0.25, 0.3) is 0 Å². The predicted molar refractivity (Wildman–Crippen MR) is 170 cm³/mol. The van der Waals surface area contributed by atoms with Crippen molar-refractivity contribution in [3.8, 4) is 6.07 Å². The Kier molecular flexibility index (Phi) is 8.42. The molecule has 3 saturated carbocycles. The molecule has 0 aromatic heterocycles. The fraction of sp³-hybridized carbons (Fsp3) is 0.838. The van der Waals surface area contributed by atoms with Gasteiger partial charge in [0.1, 0.15) is 17.5 Å². The van der Waals surface area contributed by atoms with Crippen LogP contribution in [-0.2, 0) is 14.3 Å². The number of nitrogens with zero attached hydrogens (tertiary/aromatic N) is 1. The first-order valence-electron chi connectivity index (χ1n) is 16.7. The molecular weight excluding hydrogens is 536 g/mol. The van der Waals surface area contributed by atoms with Crippen molar-refractivity contribution in [3.63, 3.8) is 0 Å². The van der Waals surface area contributed by atoms with Gasteiger partial charge in [-0.15, -0.1) is 0 Å². The van der Waals surface area contributed by atoms with Crippen LogP contribution in [0.1, 0.15) is 134 Å². The zero-order valence-electron chi connectivity index (χ0n) is 29.0. The van der Waals surface area contributed by atoms with Gasteiger partial charge < -0.3 is 10.1 Å². The molecule has 4 aliphatic rings. The molecule has 0 bridgehead atoms. The number of carbonyl (C=O) groups excluding carboxylic acids is 3. The molecule has 240 valence electrons. The second-order valence-corrected chi connectivity index (χ2v) is 18.2. The average molecular weight is 595 g/mol. The number of fused-ring (bicyclic) bond motifs is 5. The van der Waals surface area contributed by atoms with Gasteiger partial charge in [-0.1, -0.05) is 61.5 Å². The minimum Gasteiger partial charge on any atom is -0.444 e. The van der Waals surface area contributed by atoms with Crippen molar-refractivity contribution in [3.05, 3.63) is 11.6 Å². The first-order valence-corrected chi connectivity index (χ1v) is 16.7. The minimum absolute atomic E-state index is 0.0213. The number of ether oxygens (including phenoxy) is 1. The normalized spacial score (nSPS) is 41.0. The molecule has 43 heavy (non-hydrogen) atoms. The Bertz CT molecular complexity index is 1230. The highest BCUT2D eigenvalue weighted by molar-refractivity contribution is 6.04. The maximum Gasteiger partial charge on any atom is 0.407 e. The van der Waals surface area contributed by atoms with E-state index in [1.54, 1.807) is 0 Å². The zero-order chi connectivity index (χ0) is 32.4. The van der Waals surface area contributed by atoms with Gasteiger partial charge in [-0.25, -0.2) is 4.79 Å². The topological polar surface area (TPSA) is 96.3 Å². The van der Waals surface area contributed by atoms with Crippen molar-refractivity contribution < 1.29 is 19.1 Å². The highest BCUT2D eigenvalue weighted by Crippen LogP contribution is 2.72. The van der Waals surface area contributed by atoms with Gasteiger partial charge in [-0.05, 0) is 111 Å². The molecular formula is C37H58N2O4. The van der Waals surface area contributed by atoms with Crippen molar-refractivity contribution in [2.45, 2.75) is 140 Å². The summed E-state index contributed by atoms with van der Waals surface area (Å²) in [7, 11) is 0. The summed E-state index contributed by atoms with van der Waals surface area (Å²) in [5, 5.41) is 13.1. The number of amides is 1. The summed E-state index contributed by atoms with van der Waals surface area (Å²) in [6.07, 6.45) is 9.75. The third-order valence-electron chi connectivity index (χ3n) is 13.2. The number of alkyl carbamates (subject to hydrolysis) is 1. The number of Topliss-reactive ketones (excluding diaryl/α,β-unsaturated/α-hetero) is 2. The second-order valence-electron chi connectivity index (χ2n) is 18.2. The van der Waals surface area contributed by atoms with Gasteiger partial charge in [0.15, 0.2) is 5.78 Å². The molecule has 0 aromatic rings. The SMILES string of the molecule is CC1(C)CCC2C(=O)CC3[C@@]4(C)C=C(C#N)C(=O)C(C)(C)C4CC[C@@]3(C)[C@]2(C)CC[C@@](C)(CNC(=O)OC(C)(C)C)CC1. The van der Waals surface area contributed by atoms with E-state index in [-0.39, 0.29) is 56.9 Å². The van der Waals surface area contributed by atoms with Crippen LogP contribution >= 0.6 is 0 Å². The van der Waals surface area contributed by atoms with E-state index in [2.05, 4.69) is 52.9 Å². The lowest BCUT2D eigenvalue weighted by molar-refractivity contribution is -0.191. The van der Waals surface area contributed by atoms with Crippen LogP contribution in [0.5, 0.6) is 0 Å². The monoisotopic (exact) mass is 594 g/mol. The lowest BCUT2D eigenvalue weighted by Crippen LogP contribution is -2.65. The Morgan fingerprint density at radius 2 is 1.53 bits per heavy atom. The standard InChI is InChI=1S/C37H58N2O4/c1-31(2,3)43-30(42)39-23-34(8)17-16-32(4,5)14-12-25-26(40)20-28-35(9)21-24(22-38)29(41)33(6,7)27(35)13-15-37(28,11)36(25,10)19-18-34/h21,25,27-28H,12-20,23H2,1-11H3,(H,39,42)/t25?,27?,28?,34-,35-,36+,37+/m0/s1. The molecule has 3 fully saturated rings. The van der Waals surface area contributed by atoms with Gasteiger partial charge in [-0.3, -0.25) is 9.59 Å². The summed E-state index contributed by atoms with van der Waals surface area (Å²) in [6.45, 7) is 24.2. The Morgan fingerprint density at radius 1 is 0.907 bits per heavy atom. The molecule has 7 atom stereocenters. The third kappa shape index (κ3) is 5.84. The quantitative estimate of drug-likeness (QED) is 0.345. The van der Waals surface area contributed by atoms with Gasteiger partial charge in [0.25, 0.3) is 0 Å². The van der Waals surface area contributed by atoms with Crippen molar-refractivity contribution in [1.82, 2.24) is 5.32 Å². The van der Waals surface area contributed by atoms with E-state index < -0.39 is 16.4 Å². The van der Waals surface area contributed by atoms with E-state index in [0.29, 0.717) is 18.7 Å². The molecule has 0 spiro atoms. The van der Waals surface area contributed by atoms with Crippen LogP contribution < -0.4 is 5.32 Å². The summed E-state index contributed by atoms with van der Waals surface area (Å²) in [6, 6.07) is 2.22. The molecule has 6 heteroatoms. The molecule has 3 unspecified atom stereocenters. The van der Waals surface area contributed by atoms with Crippen LogP contribution in [0.2, 0.25) is 0 Å². The third-order valence-corrected chi connectivity index (χ3v) is 13.2. The molecule has 0 radical (unpaired) electrons. The largest absolute Gasteiger partial charge is 0.444 e. The van der Waals surface area contributed by atoms with Crippen LogP contribution in [0.3, 0.4) is 0 Å². The fourth-order valence-corrected chi connectivity index (χ4v) is 10.1. The van der Waals surface area contributed by atoms with Gasteiger partial charge in [0, 0.05) is 24.3 Å². The first kappa shape index (κ1) is 33.7. The van der Waals surface area contributed by atoms with E-state index in [0.717, 1.165) is 51.4 Å². The summed E-state index contributed by atoms with van der Waals surface area (Å²) in [5.74, 6) is 0.439. The predicted octanol–water partition coefficient (Wildman–Crippen LogP) is 8.59. The van der Waals surface area contributed by atoms with Crippen molar-refractivity contribution in [1.29, 1.82) is 5.26 Å². The molecule has 4 aliphatic carbocycles. The number of allylic oxidation sites excluding steroid dienone is 2. The molecule has 0 heterocycles. The minimum atomic E-state index is -0.636. The number of ketones is 2. The molecule has 1 N–H and O–H groups in total. The Labute approximate surface area is 261 Å². The molecule has 4 rings (SSSR count). The lowest BCUT2D eigenvalue weighted by Gasteiger charge is -2.68. The molecule has 0 aliphatic heterocycles. The molecule has 6 nitrogen and oxygen atoms in total. The summed E-state index contributed by atoms with van der Waals surface area (Å²) in [4.78, 5) is 40.4. The summed E-state index contributed by atoms with van der Waals surface area (Å²) < 4.78 is 5.58. The molecule has 1 amide bonds. The second kappa shape index (κ2) is 10.7. The summed E-state index contributed by atoms with van der Waals surface area (Å²) in [5.41, 5.74) is -1.76. The van der Waals surface area contributed by atoms with Gasteiger partial charge in [-0.2, -0.15) is 5.26 Å². The van der Waals surface area contributed by atoms with Crippen molar-refractivity contribution >= 4 is 17.7 Å². The first-order chi connectivity index (χ1) is 19.5. The van der Waals surface area contributed by atoms with Crippen molar-refractivity contribution in [2.24, 2.45) is 50.2 Å². The number of hydrogen-bond acceptors (Lipinski definition) is 5. The maximum atomic E-state index is 14.4. The van der Waals surface area contributed by atoms with E-state index in [9.17, 15) is 19.6 Å². The number of hydrogen-bond donors (Lipinski definition) is 1. The van der Waals surface area contributed by atoms with E-state index in [1.807, 2.05) is 40.7 Å². The van der Waals surface area contributed by atoms with E-state index in [4.69, 9.17) is 4.74 Å². The lowest BCUT2D eigenvalue weighted by atomic mass is 9.35. The van der Waals surface area contributed by atoms with Gasteiger partial charge in [0.2, 0.25) is 0 Å². The number of carbonyl (C=O) groups is 3. The average Bonchev–Trinajstić information content (AvgIpc) is 2.88. The van der Waals surface area contributed by atoms with Crippen LogP contribution in [0.4, 0.5) is 4.79 Å². The zero-order valence-corrected chi connectivity index (χ0v) is 29.0. The van der Waals surface area contributed by atoms with Crippen molar-refractivity contribution in [2.75, 3.05) is 6.54 Å². The Balaban J connectivity index is 1.74. The van der Waals surface area contributed by atoms with Crippen LogP contribution in [0.15, 0.2) is 11.6 Å². The molecule has 0 saturated heterocycles. The number of rotatable bonds is 2. The van der Waals surface area contributed by atoms with Gasteiger partial charge >= 0.3 is 6.09 Å².